The van der Waals surface area contributed by atoms with Crippen LogP contribution in [0.25, 0.3) is 11.3 Å². The van der Waals surface area contributed by atoms with E-state index in [-0.39, 0.29) is 25.0 Å². The van der Waals surface area contributed by atoms with Gasteiger partial charge in [0, 0.05) is 16.0 Å². The molecule has 1 aliphatic heterocycles. The van der Waals surface area contributed by atoms with Crippen molar-refractivity contribution in [3.63, 3.8) is 0 Å². The first-order chi connectivity index (χ1) is 18.9. The Morgan fingerprint density at radius 3 is 2.51 bits per heavy atom. The molecular formula is C30H29BrN4O4. The number of aromatic amines is 1. The fourth-order valence-electron chi connectivity index (χ4n) is 4.98. The van der Waals surface area contributed by atoms with Gasteiger partial charge in [0.05, 0.1) is 18.5 Å². The number of carbonyl (C=O) groups is 2. The Bertz CT molecular complexity index is 1470. The molecule has 1 aliphatic rings. The van der Waals surface area contributed by atoms with Gasteiger partial charge in [0.1, 0.15) is 30.3 Å². The number of aromatic nitrogens is 2. The van der Waals surface area contributed by atoms with Crippen LogP contribution < -0.4 is 10.1 Å². The Balaban J connectivity index is 1.50. The third-order valence-corrected chi connectivity index (χ3v) is 7.47. The summed E-state index contributed by atoms with van der Waals surface area (Å²) in [6, 6.07) is 20.7. The van der Waals surface area contributed by atoms with Crippen molar-refractivity contribution in [2.45, 2.75) is 31.8 Å². The van der Waals surface area contributed by atoms with Crippen LogP contribution >= 0.6 is 15.9 Å². The third kappa shape index (κ3) is 5.46. The summed E-state index contributed by atoms with van der Waals surface area (Å²) in [5, 5.41) is 11.8. The number of urea groups is 1. The van der Waals surface area contributed by atoms with Crippen LogP contribution in [0.15, 0.2) is 83.5 Å². The predicted molar refractivity (Wildman–Crippen MR) is 151 cm³/mol. The van der Waals surface area contributed by atoms with Crippen LogP contribution in [0.3, 0.4) is 0 Å². The second-order valence-electron chi connectivity index (χ2n) is 9.52. The number of hydrogen-bond donors (Lipinski definition) is 3. The number of nitrogens with one attached hydrogen (secondary N) is 2. The van der Waals surface area contributed by atoms with Gasteiger partial charge in [-0.15, -0.1) is 0 Å². The van der Waals surface area contributed by atoms with Crippen molar-refractivity contribution in [2.75, 3.05) is 13.2 Å². The van der Waals surface area contributed by atoms with E-state index in [9.17, 15) is 9.59 Å². The summed E-state index contributed by atoms with van der Waals surface area (Å²) < 4.78 is 6.41. The molecule has 1 saturated heterocycles. The fraction of sp³-hybridized carbons (Fsp3) is 0.233. The molecule has 0 radical (unpaired) electrons. The van der Waals surface area contributed by atoms with Gasteiger partial charge in [0.2, 0.25) is 0 Å². The quantitative estimate of drug-likeness (QED) is 0.219. The van der Waals surface area contributed by atoms with Crippen molar-refractivity contribution in [2.24, 2.45) is 0 Å². The summed E-state index contributed by atoms with van der Waals surface area (Å²) in [6.45, 7) is 4.10. The maximum atomic E-state index is 13.8. The molecule has 3 aromatic carbocycles. The van der Waals surface area contributed by atoms with Gasteiger partial charge in [-0.25, -0.2) is 9.78 Å². The first-order valence-corrected chi connectivity index (χ1v) is 13.5. The smallest absolute Gasteiger partial charge is 0.325 e. The van der Waals surface area contributed by atoms with Gasteiger partial charge in [-0.3, -0.25) is 9.69 Å². The minimum absolute atomic E-state index is 0.0925. The van der Waals surface area contributed by atoms with Crippen LogP contribution in [0, 0.1) is 6.92 Å². The van der Waals surface area contributed by atoms with Gasteiger partial charge in [-0.1, -0.05) is 71.4 Å². The number of rotatable bonds is 9. The lowest BCUT2D eigenvalue weighted by atomic mass is 9.91. The van der Waals surface area contributed by atoms with Crippen LogP contribution in [-0.2, 0) is 4.79 Å². The van der Waals surface area contributed by atoms with Crippen LogP contribution in [-0.4, -0.2) is 45.1 Å². The highest BCUT2D eigenvalue weighted by atomic mass is 79.9. The standard InChI is InChI=1S/C30H29BrN4O4/c1-18-16-22(31)10-13-24(18)25-17-32-28(33-25)27(19(2)20-6-4-3-5-7-20)35-29(37)26(34-30(35)38)21-8-11-23(12-9-21)39-15-14-36/h3-13,16-17,19,26-27,36H,14-15H2,1-2H3,(H,32,33)(H,34,38)/t19-,26-,27+/m1/s1. The maximum absolute atomic E-state index is 13.8. The van der Waals surface area contributed by atoms with Gasteiger partial charge in [-0.05, 0) is 47.9 Å². The van der Waals surface area contributed by atoms with E-state index < -0.39 is 18.1 Å². The topological polar surface area (TPSA) is 108 Å². The normalized spacial score (nSPS) is 16.7. The zero-order chi connectivity index (χ0) is 27.5. The van der Waals surface area contributed by atoms with E-state index in [4.69, 9.17) is 9.84 Å². The lowest BCUT2D eigenvalue weighted by Crippen LogP contribution is -2.38. The van der Waals surface area contributed by atoms with Crippen molar-refractivity contribution < 1.29 is 19.4 Å². The molecule has 0 spiro atoms. The van der Waals surface area contributed by atoms with E-state index in [0.29, 0.717) is 17.1 Å². The molecule has 3 N–H and O–H groups in total. The number of halogens is 1. The van der Waals surface area contributed by atoms with E-state index in [0.717, 1.165) is 26.9 Å². The molecule has 1 fully saturated rings. The van der Waals surface area contributed by atoms with Crippen molar-refractivity contribution in [3.05, 3.63) is 106 Å². The minimum Gasteiger partial charge on any atom is -0.491 e. The summed E-state index contributed by atoms with van der Waals surface area (Å²) in [5.74, 6) is 0.512. The fourth-order valence-corrected chi connectivity index (χ4v) is 5.45. The molecule has 0 aliphatic carbocycles. The Labute approximate surface area is 235 Å². The summed E-state index contributed by atoms with van der Waals surface area (Å²) in [5.41, 5.74) is 4.48. The second-order valence-corrected chi connectivity index (χ2v) is 10.4. The average molecular weight is 589 g/mol. The number of aliphatic hydroxyl groups is 1. The molecule has 3 atom stereocenters. The van der Waals surface area contributed by atoms with Gasteiger partial charge >= 0.3 is 6.03 Å². The van der Waals surface area contributed by atoms with E-state index in [1.165, 1.54) is 4.90 Å². The molecule has 0 unspecified atom stereocenters. The Kier molecular flexibility index (Phi) is 7.81. The van der Waals surface area contributed by atoms with E-state index in [2.05, 4.69) is 31.2 Å². The molecule has 9 heteroatoms. The number of amides is 3. The number of imide groups is 1. The van der Waals surface area contributed by atoms with Gasteiger partial charge < -0.3 is 20.1 Å². The van der Waals surface area contributed by atoms with Gasteiger partial charge in [0.15, 0.2) is 0 Å². The summed E-state index contributed by atoms with van der Waals surface area (Å²) in [4.78, 5) is 36.6. The first-order valence-electron chi connectivity index (χ1n) is 12.7. The summed E-state index contributed by atoms with van der Waals surface area (Å²) in [6.07, 6.45) is 1.75. The molecule has 39 heavy (non-hydrogen) atoms. The molecule has 1 aromatic heterocycles. The Hall–Kier alpha value is -3.95. The zero-order valence-corrected chi connectivity index (χ0v) is 23.2. The monoisotopic (exact) mass is 588 g/mol. The van der Waals surface area contributed by atoms with Gasteiger partial charge in [0.25, 0.3) is 5.91 Å². The number of nitrogens with zero attached hydrogens (tertiary/aromatic N) is 2. The highest BCUT2D eigenvalue weighted by Crippen LogP contribution is 2.39. The molecule has 4 aromatic rings. The molecule has 0 bridgehead atoms. The number of aliphatic hydroxyl groups excluding tert-OH is 1. The molecule has 5 rings (SSSR count). The van der Waals surface area contributed by atoms with Crippen LogP contribution in [0.4, 0.5) is 4.79 Å². The molecule has 200 valence electrons. The number of benzene rings is 3. The minimum atomic E-state index is -0.835. The van der Waals surface area contributed by atoms with E-state index >= 15 is 0 Å². The maximum Gasteiger partial charge on any atom is 0.325 e. The summed E-state index contributed by atoms with van der Waals surface area (Å²) in [7, 11) is 0. The third-order valence-electron chi connectivity index (χ3n) is 6.98. The van der Waals surface area contributed by atoms with Crippen LogP contribution in [0.5, 0.6) is 5.75 Å². The SMILES string of the molecule is Cc1cc(Br)ccc1-c1cnc([C@H]([C@H](C)c2ccccc2)N2C(=O)N[C@H](c3ccc(OCCO)cc3)C2=O)[nH]1. The highest BCUT2D eigenvalue weighted by molar-refractivity contribution is 9.10. The van der Waals surface area contributed by atoms with Crippen molar-refractivity contribution in [1.82, 2.24) is 20.2 Å². The van der Waals surface area contributed by atoms with Crippen molar-refractivity contribution in [1.29, 1.82) is 0 Å². The largest absolute Gasteiger partial charge is 0.491 e. The van der Waals surface area contributed by atoms with Crippen LogP contribution in [0.2, 0.25) is 0 Å². The lowest BCUT2D eigenvalue weighted by molar-refractivity contribution is -0.129. The number of carbonyl (C=O) groups excluding carboxylic acids is 2. The molecule has 0 saturated carbocycles. The Morgan fingerprint density at radius 1 is 1.08 bits per heavy atom. The van der Waals surface area contributed by atoms with E-state index in [1.807, 2.05) is 62.4 Å². The van der Waals surface area contributed by atoms with E-state index in [1.54, 1.807) is 30.5 Å². The van der Waals surface area contributed by atoms with Crippen LogP contribution in [0.1, 0.15) is 47.4 Å². The first kappa shape index (κ1) is 26.6. The highest BCUT2D eigenvalue weighted by Gasteiger charge is 2.46. The molecule has 8 nitrogen and oxygen atoms in total. The molecule has 2 heterocycles. The number of ether oxygens (including phenoxy) is 1. The Morgan fingerprint density at radius 2 is 1.82 bits per heavy atom. The zero-order valence-electron chi connectivity index (χ0n) is 21.6. The summed E-state index contributed by atoms with van der Waals surface area (Å²) >= 11 is 3.51. The predicted octanol–water partition coefficient (Wildman–Crippen LogP) is 5.66. The van der Waals surface area contributed by atoms with Crippen molar-refractivity contribution >= 4 is 27.9 Å². The molecular weight excluding hydrogens is 560 g/mol. The van der Waals surface area contributed by atoms with Gasteiger partial charge in [-0.2, -0.15) is 0 Å². The average Bonchev–Trinajstić information content (AvgIpc) is 3.53. The number of H-pyrrole nitrogens is 1. The lowest BCUT2D eigenvalue weighted by Gasteiger charge is -2.29. The molecule has 3 amide bonds. The number of aryl methyl sites for hydroxylation is 1. The second kappa shape index (κ2) is 11.4. The van der Waals surface area contributed by atoms with Crippen molar-refractivity contribution in [3.8, 4) is 17.0 Å². The number of hydrogen-bond acceptors (Lipinski definition) is 5. The number of imidazole rings is 1.